The minimum absolute atomic E-state index is 0.226. The molecule has 1 aromatic carbocycles. The first-order chi connectivity index (χ1) is 14.5. The predicted molar refractivity (Wildman–Crippen MR) is 115 cm³/mol. The Bertz CT molecular complexity index is 970. The fourth-order valence-electron chi connectivity index (χ4n) is 3.02. The van der Waals surface area contributed by atoms with E-state index in [-0.39, 0.29) is 6.03 Å². The Labute approximate surface area is 176 Å². The average Bonchev–Trinajstić information content (AvgIpc) is 3.04. The molecular formula is C22H27N5O3. The fraction of sp³-hybridized carbons (Fsp3) is 0.318. The molecular weight excluding hydrogens is 382 g/mol. The molecule has 0 spiro atoms. The molecule has 8 nitrogen and oxygen atoms in total. The van der Waals surface area contributed by atoms with Gasteiger partial charge in [0.05, 0.1) is 36.4 Å². The third-order valence-electron chi connectivity index (χ3n) is 4.71. The van der Waals surface area contributed by atoms with Crippen molar-refractivity contribution in [1.82, 2.24) is 19.7 Å². The summed E-state index contributed by atoms with van der Waals surface area (Å²) in [7, 11) is 3.37. The fourth-order valence-corrected chi connectivity index (χ4v) is 3.02. The van der Waals surface area contributed by atoms with Crippen LogP contribution in [0.25, 0.3) is 5.69 Å². The lowest BCUT2D eigenvalue weighted by Crippen LogP contribution is -2.31. The van der Waals surface area contributed by atoms with Crippen molar-refractivity contribution in [1.29, 1.82) is 0 Å². The zero-order valence-corrected chi connectivity index (χ0v) is 17.8. The van der Waals surface area contributed by atoms with Gasteiger partial charge in [-0.1, -0.05) is 18.2 Å². The topological polar surface area (TPSA) is 81.5 Å². The van der Waals surface area contributed by atoms with Crippen LogP contribution in [0.15, 0.2) is 48.7 Å². The van der Waals surface area contributed by atoms with Crippen molar-refractivity contribution in [2.45, 2.75) is 20.4 Å². The number of rotatable bonds is 8. The minimum Gasteiger partial charge on any atom is -0.475 e. The summed E-state index contributed by atoms with van der Waals surface area (Å²) in [6, 6.07) is 13.2. The van der Waals surface area contributed by atoms with Crippen molar-refractivity contribution in [3.63, 3.8) is 0 Å². The van der Waals surface area contributed by atoms with Crippen LogP contribution in [0.3, 0.4) is 0 Å². The summed E-state index contributed by atoms with van der Waals surface area (Å²) in [5, 5.41) is 7.49. The molecule has 0 atom stereocenters. The molecule has 0 radical (unpaired) electrons. The number of anilines is 1. The number of aryl methyl sites for hydroxylation is 1. The van der Waals surface area contributed by atoms with Gasteiger partial charge in [0.1, 0.15) is 6.61 Å². The second-order valence-corrected chi connectivity index (χ2v) is 6.91. The van der Waals surface area contributed by atoms with Crippen molar-refractivity contribution in [3.8, 4) is 11.6 Å². The van der Waals surface area contributed by atoms with Gasteiger partial charge in [0.15, 0.2) is 0 Å². The molecule has 30 heavy (non-hydrogen) atoms. The van der Waals surface area contributed by atoms with E-state index >= 15 is 0 Å². The zero-order valence-electron chi connectivity index (χ0n) is 17.8. The lowest BCUT2D eigenvalue weighted by molar-refractivity contribution is 0.144. The number of benzene rings is 1. The van der Waals surface area contributed by atoms with Crippen molar-refractivity contribution in [2.24, 2.45) is 0 Å². The molecule has 0 saturated carbocycles. The second kappa shape index (κ2) is 9.89. The van der Waals surface area contributed by atoms with Gasteiger partial charge in [0.25, 0.3) is 0 Å². The molecule has 0 saturated heterocycles. The van der Waals surface area contributed by atoms with Gasteiger partial charge in [-0.2, -0.15) is 5.10 Å². The van der Waals surface area contributed by atoms with Gasteiger partial charge in [-0.15, -0.1) is 0 Å². The van der Waals surface area contributed by atoms with Crippen LogP contribution in [0.2, 0.25) is 0 Å². The highest BCUT2D eigenvalue weighted by Gasteiger charge is 2.17. The molecule has 8 heteroatoms. The number of urea groups is 1. The van der Waals surface area contributed by atoms with Gasteiger partial charge in [-0.25, -0.2) is 14.5 Å². The van der Waals surface area contributed by atoms with Crippen molar-refractivity contribution in [3.05, 3.63) is 65.6 Å². The van der Waals surface area contributed by atoms with E-state index in [1.165, 1.54) is 0 Å². The van der Waals surface area contributed by atoms with E-state index in [1.807, 2.05) is 48.9 Å². The Morgan fingerprint density at radius 2 is 1.90 bits per heavy atom. The number of hydrogen-bond donors (Lipinski definition) is 1. The van der Waals surface area contributed by atoms with Crippen molar-refractivity contribution >= 4 is 11.7 Å². The summed E-state index contributed by atoms with van der Waals surface area (Å²) in [5.41, 5.74) is 4.53. The number of hydrogen-bond acceptors (Lipinski definition) is 5. The lowest BCUT2D eigenvalue weighted by Gasteiger charge is -2.18. The molecule has 2 heterocycles. The van der Waals surface area contributed by atoms with E-state index in [2.05, 4.69) is 15.4 Å². The van der Waals surface area contributed by atoms with Crippen molar-refractivity contribution in [2.75, 3.05) is 32.7 Å². The zero-order chi connectivity index (χ0) is 21.5. The molecule has 3 rings (SSSR count). The van der Waals surface area contributed by atoms with E-state index in [0.29, 0.717) is 31.3 Å². The lowest BCUT2D eigenvalue weighted by atomic mass is 10.2. The first-order valence-corrected chi connectivity index (χ1v) is 9.70. The first kappa shape index (κ1) is 21.3. The van der Waals surface area contributed by atoms with Gasteiger partial charge in [0.2, 0.25) is 5.88 Å². The Morgan fingerprint density at radius 1 is 1.13 bits per heavy atom. The number of nitrogens with zero attached hydrogens (tertiary/aromatic N) is 4. The highest BCUT2D eigenvalue weighted by Crippen LogP contribution is 2.20. The van der Waals surface area contributed by atoms with Crippen LogP contribution in [0.1, 0.15) is 17.0 Å². The van der Waals surface area contributed by atoms with E-state index in [1.54, 1.807) is 37.4 Å². The third-order valence-corrected chi connectivity index (χ3v) is 4.71. The minimum atomic E-state index is -0.226. The summed E-state index contributed by atoms with van der Waals surface area (Å²) in [6.45, 7) is 5.33. The van der Waals surface area contributed by atoms with Crippen LogP contribution in [-0.2, 0) is 11.3 Å². The number of amides is 2. The van der Waals surface area contributed by atoms with Crippen LogP contribution >= 0.6 is 0 Å². The number of carbonyl (C=O) groups excluding carboxylic acids is 1. The van der Waals surface area contributed by atoms with Gasteiger partial charge in [0, 0.05) is 31.5 Å². The number of ether oxygens (including phenoxy) is 2. The van der Waals surface area contributed by atoms with Crippen LogP contribution in [0.4, 0.5) is 10.5 Å². The smallest absolute Gasteiger partial charge is 0.321 e. The largest absolute Gasteiger partial charge is 0.475 e. The molecule has 2 aromatic heterocycles. The van der Waals surface area contributed by atoms with Gasteiger partial charge in [-0.3, -0.25) is 0 Å². The molecule has 0 fully saturated rings. The summed E-state index contributed by atoms with van der Waals surface area (Å²) in [5.74, 6) is 0.484. The number of pyridine rings is 1. The Balaban J connectivity index is 1.63. The number of methoxy groups -OCH3 is 1. The highest BCUT2D eigenvalue weighted by atomic mass is 16.5. The number of aromatic nitrogens is 3. The maximum absolute atomic E-state index is 12.6. The Morgan fingerprint density at radius 3 is 2.57 bits per heavy atom. The monoisotopic (exact) mass is 409 g/mol. The summed E-state index contributed by atoms with van der Waals surface area (Å²) in [6.07, 6.45) is 1.57. The van der Waals surface area contributed by atoms with Gasteiger partial charge < -0.3 is 19.7 Å². The van der Waals surface area contributed by atoms with Crippen LogP contribution in [0, 0.1) is 13.8 Å². The number of para-hydroxylation sites is 1. The van der Waals surface area contributed by atoms with E-state index in [9.17, 15) is 4.79 Å². The second-order valence-electron chi connectivity index (χ2n) is 6.91. The highest BCUT2D eigenvalue weighted by molar-refractivity contribution is 5.88. The SMILES string of the molecule is COCCOc1ccc(NC(=O)N(C)Cc2c(C)nn(-c3ccccc3)c2C)cn1. The summed E-state index contributed by atoms with van der Waals surface area (Å²) >= 11 is 0. The third kappa shape index (κ3) is 5.15. The maximum Gasteiger partial charge on any atom is 0.321 e. The normalized spacial score (nSPS) is 10.7. The quantitative estimate of drug-likeness (QED) is 0.575. The molecule has 1 N–H and O–H groups in total. The standard InChI is InChI=1S/C22H27N5O3/c1-16-20(17(2)27(25-16)19-8-6-5-7-9-19)15-26(3)22(28)24-18-10-11-21(23-14-18)30-13-12-29-4/h5-11,14H,12-13,15H2,1-4H3,(H,24,28). The molecule has 0 unspecified atom stereocenters. The van der Waals surface area contributed by atoms with Gasteiger partial charge >= 0.3 is 6.03 Å². The van der Waals surface area contributed by atoms with Crippen LogP contribution < -0.4 is 10.1 Å². The molecule has 0 bridgehead atoms. The Kier molecular flexibility index (Phi) is 7.03. The number of nitrogens with one attached hydrogen (secondary N) is 1. The Hall–Kier alpha value is -3.39. The predicted octanol–water partition coefficient (Wildman–Crippen LogP) is 3.57. The van der Waals surface area contributed by atoms with Gasteiger partial charge in [-0.05, 0) is 32.0 Å². The maximum atomic E-state index is 12.6. The molecule has 0 aliphatic heterocycles. The summed E-state index contributed by atoms with van der Waals surface area (Å²) in [4.78, 5) is 18.4. The van der Waals surface area contributed by atoms with E-state index in [4.69, 9.17) is 9.47 Å². The molecule has 158 valence electrons. The van der Waals surface area contributed by atoms with Crippen LogP contribution in [0.5, 0.6) is 5.88 Å². The first-order valence-electron chi connectivity index (χ1n) is 9.70. The molecule has 0 aliphatic carbocycles. The average molecular weight is 409 g/mol. The van der Waals surface area contributed by atoms with Crippen molar-refractivity contribution < 1.29 is 14.3 Å². The summed E-state index contributed by atoms with van der Waals surface area (Å²) < 4.78 is 12.3. The molecule has 0 aliphatic rings. The molecule has 3 aromatic rings. The number of carbonyl (C=O) groups is 1. The molecule has 2 amide bonds. The van der Waals surface area contributed by atoms with E-state index < -0.39 is 0 Å². The van der Waals surface area contributed by atoms with E-state index in [0.717, 1.165) is 22.6 Å². The van der Waals surface area contributed by atoms with Crippen LogP contribution in [-0.4, -0.2) is 53.1 Å².